The van der Waals surface area contributed by atoms with Gasteiger partial charge in [0.25, 0.3) is 0 Å². The van der Waals surface area contributed by atoms with Gasteiger partial charge in [0.05, 0.1) is 12.3 Å². The number of amides is 2. The molecule has 1 aliphatic heterocycles. The Bertz CT molecular complexity index is 189. The first-order valence-corrected chi connectivity index (χ1v) is 3.58. The molecule has 2 N–H and O–H groups in total. The molecule has 1 heterocycles. The first-order valence-electron chi connectivity index (χ1n) is 3.58. The Morgan fingerprint density at radius 3 is 3.18 bits per heavy atom. The summed E-state index contributed by atoms with van der Waals surface area (Å²) in [4.78, 5) is 11.0. The number of carbonyl (C=O) groups excluding carboxylic acids is 1. The van der Waals surface area contributed by atoms with Crippen molar-refractivity contribution in [1.29, 1.82) is 0 Å². The fraction of sp³-hybridized carbons (Fsp3) is 0.667. The summed E-state index contributed by atoms with van der Waals surface area (Å²) < 4.78 is 0. The molecule has 0 saturated carbocycles. The molecule has 0 aromatic rings. The number of nitrogens with one attached hydrogen (secondary N) is 2. The van der Waals surface area contributed by atoms with E-state index in [9.17, 15) is 4.79 Å². The van der Waals surface area contributed by atoms with Gasteiger partial charge in [-0.25, -0.2) is 15.6 Å². The first kappa shape index (κ1) is 8.00. The summed E-state index contributed by atoms with van der Waals surface area (Å²) in [5, 5.41) is 5.28. The van der Waals surface area contributed by atoms with Gasteiger partial charge in [-0.15, -0.1) is 0 Å². The number of nitrogens with zero attached hydrogens (tertiary/aromatic N) is 2. The van der Waals surface area contributed by atoms with Gasteiger partial charge in [-0.3, -0.25) is 5.01 Å². The topological polar surface area (TPSA) is 56.7 Å². The number of hydrogen-bond donors (Lipinski definition) is 2. The SMILES string of the molecule is CCNN1CC(C)=NNC1=O. The van der Waals surface area contributed by atoms with Crippen LogP contribution >= 0.6 is 0 Å². The molecule has 0 radical (unpaired) electrons. The molecule has 1 rings (SSSR count). The predicted molar refractivity (Wildman–Crippen MR) is 42.0 cm³/mol. The van der Waals surface area contributed by atoms with E-state index in [2.05, 4.69) is 16.0 Å². The van der Waals surface area contributed by atoms with Crippen LogP contribution in [0.4, 0.5) is 4.79 Å². The average molecular weight is 156 g/mol. The van der Waals surface area contributed by atoms with Gasteiger partial charge in [0.15, 0.2) is 0 Å². The molecule has 0 fully saturated rings. The fourth-order valence-corrected chi connectivity index (χ4v) is 0.858. The van der Waals surface area contributed by atoms with Gasteiger partial charge in [0.1, 0.15) is 0 Å². The van der Waals surface area contributed by atoms with Gasteiger partial charge in [-0.1, -0.05) is 6.92 Å². The minimum atomic E-state index is -0.197. The minimum absolute atomic E-state index is 0.197. The van der Waals surface area contributed by atoms with E-state index in [1.165, 1.54) is 5.01 Å². The normalized spacial score (nSPS) is 17.8. The average Bonchev–Trinajstić information content (AvgIpc) is 1.98. The van der Waals surface area contributed by atoms with Gasteiger partial charge in [-0.2, -0.15) is 5.10 Å². The van der Waals surface area contributed by atoms with Crippen LogP contribution in [0, 0.1) is 0 Å². The molecule has 0 unspecified atom stereocenters. The second-order valence-corrected chi connectivity index (χ2v) is 2.36. The zero-order valence-electron chi connectivity index (χ0n) is 6.72. The molecule has 0 spiro atoms. The molecule has 2 amide bonds. The van der Waals surface area contributed by atoms with Crippen molar-refractivity contribution in [2.45, 2.75) is 13.8 Å². The molecule has 0 aromatic carbocycles. The van der Waals surface area contributed by atoms with E-state index < -0.39 is 0 Å². The number of hydrogen-bond acceptors (Lipinski definition) is 3. The van der Waals surface area contributed by atoms with E-state index in [0.717, 1.165) is 12.3 Å². The number of hydrazone groups is 1. The Kier molecular flexibility index (Phi) is 2.43. The lowest BCUT2D eigenvalue weighted by Gasteiger charge is -2.25. The highest BCUT2D eigenvalue weighted by Crippen LogP contribution is 1.92. The summed E-state index contributed by atoms with van der Waals surface area (Å²) in [6.07, 6.45) is 0. The van der Waals surface area contributed by atoms with Crippen molar-refractivity contribution in [3.8, 4) is 0 Å². The molecule has 0 aliphatic carbocycles. The number of carbonyl (C=O) groups is 1. The fourth-order valence-electron chi connectivity index (χ4n) is 0.858. The molecule has 5 heteroatoms. The van der Waals surface area contributed by atoms with Crippen LogP contribution in [0.2, 0.25) is 0 Å². The van der Waals surface area contributed by atoms with Gasteiger partial charge in [0, 0.05) is 6.54 Å². The lowest BCUT2D eigenvalue weighted by Crippen LogP contribution is -2.52. The van der Waals surface area contributed by atoms with E-state index in [1.807, 2.05) is 13.8 Å². The van der Waals surface area contributed by atoms with Crippen LogP contribution in [-0.4, -0.2) is 29.8 Å². The van der Waals surface area contributed by atoms with Gasteiger partial charge in [0.2, 0.25) is 0 Å². The van der Waals surface area contributed by atoms with E-state index in [1.54, 1.807) is 0 Å². The van der Waals surface area contributed by atoms with E-state index in [0.29, 0.717) is 6.54 Å². The summed E-state index contributed by atoms with van der Waals surface area (Å²) in [5.74, 6) is 0. The second-order valence-electron chi connectivity index (χ2n) is 2.36. The quantitative estimate of drug-likeness (QED) is 0.587. The standard InChI is InChI=1S/C6H12N4O/c1-3-7-10-4-5(2)8-9-6(10)11/h7H,3-4H2,1-2H3,(H,9,11). The highest BCUT2D eigenvalue weighted by molar-refractivity contribution is 5.91. The zero-order valence-corrected chi connectivity index (χ0v) is 6.72. The first-order chi connectivity index (χ1) is 5.24. The van der Waals surface area contributed by atoms with Crippen LogP contribution in [0.1, 0.15) is 13.8 Å². The Balaban J connectivity index is 2.53. The zero-order chi connectivity index (χ0) is 8.27. The summed E-state index contributed by atoms with van der Waals surface area (Å²) in [5.41, 5.74) is 6.18. The third kappa shape index (κ3) is 1.91. The maximum absolute atomic E-state index is 11.0. The van der Waals surface area contributed by atoms with Crippen molar-refractivity contribution >= 4 is 11.7 Å². The highest BCUT2D eigenvalue weighted by atomic mass is 16.2. The Hall–Kier alpha value is -1.10. The third-order valence-electron chi connectivity index (χ3n) is 1.32. The third-order valence-corrected chi connectivity index (χ3v) is 1.32. The van der Waals surface area contributed by atoms with Crippen LogP contribution in [0.3, 0.4) is 0 Å². The van der Waals surface area contributed by atoms with Gasteiger partial charge >= 0.3 is 6.03 Å². The summed E-state index contributed by atoms with van der Waals surface area (Å²) in [7, 11) is 0. The van der Waals surface area contributed by atoms with Crippen LogP contribution < -0.4 is 10.9 Å². The Morgan fingerprint density at radius 2 is 2.55 bits per heavy atom. The molecule has 0 atom stereocenters. The van der Waals surface area contributed by atoms with Crippen molar-refractivity contribution in [2.75, 3.05) is 13.1 Å². The summed E-state index contributed by atoms with van der Waals surface area (Å²) >= 11 is 0. The number of hydrazine groups is 1. The lowest BCUT2D eigenvalue weighted by molar-refractivity contribution is 0.179. The molecule has 11 heavy (non-hydrogen) atoms. The van der Waals surface area contributed by atoms with Crippen LogP contribution in [0.15, 0.2) is 5.10 Å². The van der Waals surface area contributed by atoms with E-state index >= 15 is 0 Å². The molecule has 0 bridgehead atoms. The molecule has 0 saturated heterocycles. The van der Waals surface area contributed by atoms with Gasteiger partial charge < -0.3 is 0 Å². The lowest BCUT2D eigenvalue weighted by atomic mass is 10.4. The van der Waals surface area contributed by atoms with Crippen molar-refractivity contribution in [1.82, 2.24) is 15.9 Å². The van der Waals surface area contributed by atoms with Crippen LogP contribution in [0.5, 0.6) is 0 Å². The maximum Gasteiger partial charge on any atom is 0.352 e. The van der Waals surface area contributed by atoms with Crippen molar-refractivity contribution in [3.63, 3.8) is 0 Å². The predicted octanol–water partition coefficient (Wildman–Crippen LogP) is -0.0880. The van der Waals surface area contributed by atoms with Crippen molar-refractivity contribution < 1.29 is 4.79 Å². The van der Waals surface area contributed by atoms with Crippen LogP contribution in [-0.2, 0) is 0 Å². The molecule has 5 nitrogen and oxygen atoms in total. The summed E-state index contributed by atoms with van der Waals surface area (Å²) in [6.45, 7) is 5.10. The Morgan fingerprint density at radius 1 is 1.82 bits per heavy atom. The van der Waals surface area contributed by atoms with Crippen molar-refractivity contribution in [3.05, 3.63) is 0 Å². The molecular formula is C6H12N4O. The van der Waals surface area contributed by atoms with Crippen LogP contribution in [0.25, 0.3) is 0 Å². The maximum atomic E-state index is 11.0. The van der Waals surface area contributed by atoms with Gasteiger partial charge in [-0.05, 0) is 6.92 Å². The van der Waals surface area contributed by atoms with E-state index in [4.69, 9.17) is 0 Å². The monoisotopic (exact) mass is 156 g/mol. The van der Waals surface area contributed by atoms with Crippen molar-refractivity contribution in [2.24, 2.45) is 5.10 Å². The Labute approximate surface area is 65.4 Å². The van der Waals surface area contributed by atoms with E-state index in [-0.39, 0.29) is 6.03 Å². The smallest absolute Gasteiger partial charge is 0.253 e. The largest absolute Gasteiger partial charge is 0.352 e. The number of urea groups is 1. The number of rotatable bonds is 2. The molecular weight excluding hydrogens is 144 g/mol. The molecule has 0 aromatic heterocycles. The highest BCUT2D eigenvalue weighted by Gasteiger charge is 2.16. The second kappa shape index (κ2) is 3.34. The minimum Gasteiger partial charge on any atom is -0.253 e. The summed E-state index contributed by atoms with van der Waals surface area (Å²) in [6, 6.07) is -0.197. The molecule has 1 aliphatic rings. The molecule has 62 valence electrons.